The first-order valence-electron chi connectivity index (χ1n) is 5.70. The summed E-state index contributed by atoms with van der Waals surface area (Å²) in [6.07, 6.45) is 5.01. The lowest BCUT2D eigenvalue weighted by Gasteiger charge is -2.24. The van der Waals surface area contributed by atoms with Crippen LogP contribution in [0.4, 0.5) is 0 Å². The maximum Gasteiger partial charge on any atom is 0.237 e. The first kappa shape index (κ1) is 11.5. The Morgan fingerprint density at radius 1 is 1.69 bits per heavy atom. The van der Waals surface area contributed by atoms with E-state index in [2.05, 4.69) is 15.6 Å². The Balaban J connectivity index is 1.86. The Bertz CT molecular complexity index is 333. The summed E-state index contributed by atoms with van der Waals surface area (Å²) < 4.78 is 0. The molecule has 0 spiro atoms. The molecule has 5 heteroatoms. The zero-order valence-corrected chi connectivity index (χ0v) is 10.2. The van der Waals surface area contributed by atoms with Gasteiger partial charge >= 0.3 is 0 Å². The van der Waals surface area contributed by atoms with Crippen molar-refractivity contribution in [3.8, 4) is 0 Å². The number of aromatic nitrogens is 1. The molecule has 1 aliphatic rings. The number of nitrogens with one attached hydrogen (secondary N) is 2. The van der Waals surface area contributed by atoms with Crippen molar-refractivity contribution in [2.24, 2.45) is 0 Å². The van der Waals surface area contributed by atoms with Crippen molar-refractivity contribution in [3.63, 3.8) is 0 Å². The highest BCUT2D eigenvalue weighted by Gasteiger charge is 2.22. The third-order valence-corrected chi connectivity index (χ3v) is 3.77. The molecule has 1 unspecified atom stereocenters. The summed E-state index contributed by atoms with van der Waals surface area (Å²) in [5.74, 6) is 0.0994. The second-order valence-corrected chi connectivity index (χ2v) is 5.03. The lowest BCUT2D eigenvalue weighted by Crippen LogP contribution is -2.47. The number of carbonyl (C=O) groups is 1. The summed E-state index contributed by atoms with van der Waals surface area (Å²) in [6, 6.07) is -0.00705. The molecule has 0 saturated carbocycles. The molecule has 4 nitrogen and oxygen atoms in total. The first-order chi connectivity index (χ1) is 7.77. The van der Waals surface area contributed by atoms with Crippen LogP contribution in [0, 0.1) is 0 Å². The molecular weight excluding hydrogens is 222 g/mol. The second-order valence-electron chi connectivity index (χ2n) is 4.10. The van der Waals surface area contributed by atoms with E-state index in [9.17, 15) is 4.79 Å². The Morgan fingerprint density at radius 2 is 2.56 bits per heavy atom. The van der Waals surface area contributed by atoms with E-state index in [1.807, 2.05) is 12.3 Å². The van der Waals surface area contributed by atoms with E-state index < -0.39 is 0 Å². The fourth-order valence-corrected chi connectivity index (χ4v) is 2.55. The monoisotopic (exact) mass is 239 g/mol. The van der Waals surface area contributed by atoms with Gasteiger partial charge in [0.25, 0.3) is 0 Å². The number of carbonyl (C=O) groups excluding carboxylic acids is 1. The van der Waals surface area contributed by atoms with Crippen LogP contribution in [0.15, 0.2) is 11.6 Å². The van der Waals surface area contributed by atoms with Gasteiger partial charge < -0.3 is 10.6 Å². The van der Waals surface area contributed by atoms with Gasteiger partial charge in [-0.2, -0.15) is 0 Å². The summed E-state index contributed by atoms with van der Waals surface area (Å²) in [7, 11) is 0. The van der Waals surface area contributed by atoms with Gasteiger partial charge in [-0.3, -0.25) is 4.79 Å². The van der Waals surface area contributed by atoms with E-state index in [-0.39, 0.29) is 18.0 Å². The molecule has 0 radical (unpaired) electrons. The summed E-state index contributed by atoms with van der Waals surface area (Å²) in [4.78, 5) is 16.1. The van der Waals surface area contributed by atoms with Crippen LogP contribution in [0.3, 0.4) is 0 Å². The smallest absolute Gasteiger partial charge is 0.237 e. The quantitative estimate of drug-likeness (QED) is 0.839. The molecule has 88 valence electrons. The van der Waals surface area contributed by atoms with Crippen LogP contribution in [-0.4, -0.2) is 23.5 Å². The standard InChI is InChI=1S/C11H17N3OS/c1-8(11-13-6-7-16-11)14-10(15)9-4-2-3-5-12-9/h6-9,12H,2-5H2,1H3,(H,14,15)/t8?,9-/m1/s1. The molecule has 1 amide bonds. The highest BCUT2D eigenvalue weighted by atomic mass is 32.1. The van der Waals surface area contributed by atoms with Gasteiger partial charge in [0.1, 0.15) is 5.01 Å². The first-order valence-corrected chi connectivity index (χ1v) is 6.58. The zero-order chi connectivity index (χ0) is 11.4. The molecule has 1 aromatic rings. The van der Waals surface area contributed by atoms with Crippen molar-refractivity contribution in [3.05, 3.63) is 16.6 Å². The van der Waals surface area contributed by atoms with Crippen molar-refractivity contribution < 1.29 is 4.79 Å². The lowest BCUT2D eigenvalue weighted by atomic mass is 10.0. The van der Waals surface area contributed by atoms with Crippen LogP contribution in [0.25, 0.3) is 0 Å². The minimum absolute atomic E-state index is 0.0104. The van der Waals surface area contributed by atoms with Gasteiger partial charge in [0.05, 0.1) is 12.1 Å². The van der Waals surface area contributed by atoms with Crippen LogP contribution in [0.5, 0.6) is 0 Å². The fourth-order valence-electron chi connectivity index (χ4n) is 1.90. The molecule has 0 bridgehead atoms. The second kappa shape index (κ2) is 5.41. The number of thiazole rings is 1. The molecule has 0 aliphatic carbocycles. The van der Waals surface area contributed by atoms with Crippen LogP contribution in [0.1, 0.15) is 37.2 Å². The number of rotatable bonds is 3. The Hall–Kier alpha value is -0.940. The predicted octanol–water partition coefficient (Wildman–Crippen LogP) is 1.46. The van der Waals surface area contributed by atoms with Crippen molar-refractivity contribution in [1.82, 2.24) is 15.6 Å². The molecule has 1 aromatic heterocycles. The van der Waals surface area contributed by atoms with Crippen LogP contribution >= 0.6 is 11.3 Å². The van der Waals surface area contributed by atoms with Crippen LogP contribution < -0.4 is 10.6 Å². The van der Waals surface area contributed by atoms with Gasteiger partial charge in [-0.25, -0.2) is 4.98 Å². The van der Waals surface area contributed by atoms with Crippen molar-refractivity contribution in [2.75, 3.05) is 6.54 Å². The molecule has 1 saturated heterocycles. The van der Waals surface area contributed by atoms with E-state index in [1.165, 1.54) is 6.42 Å². The number of piperidine rings is 1. The molecule has 2 N–H and O–H groups in total. The highest BCUT2D eigenvalue weighted by Crippen LogP contribution is 2.15. The maximum absolute atomic E-state index is 11.9. The van der Waals surface area contributed by atoms with Crippen LogP contribution in [-0.2, 0) is 4.79 Å². The highest BCUT2D eigenvalue weighted by molar-refractivity contribution is 7.09. The SMILES string of the molecule is CC(NC(=O)[C@H]1CCCCN1)c1nccs1. The topological polar surface area (TPSA) is 54.0 Å². The van der Waals surface area contributed by atoms with Gasteiger partial charge in [0.2, 0.25) is 5.91 Å². The van der Waals surface area contributed by atoms with E-state index >= 15 is 0 Å². The summed E-state index contributed by atoms with van der Waals surface area (Å²) in [5.41, 5.74) is 0. The summed E-state index contributed by atoms with van der Waals surface area (Å²) >= 11 is 1.57. The van der Waals surface area contributed by atoms with Crippen molar-refractivity contribution in [1.29, 1.82) is 0 Å². The zero-order valence-electron chi connectivity index (χ0n) is 9.40. The Labute approximate surface area is 99.5 Å². The van der Waals surface area contributed by atoms with E-state index in [0.717, 1.165) is 24.4 Å². The number of amides is 1. The van der Waals surface area contributed by atoms with Crippen LogP contribution in [0.2, 0.25) is 0 Å². The Kier molecular flexibility index (Phi) is 3.90. The van der Waals surface area contributed by atoms with Gasteiger partial charge in [-0.15, -0.1) is 11.3 Å². The summed E-state index contributed by atoms with van der Waals surface area (Å²) in [5, 5.41) is 9.13. The van der Waals surface area contributed by atoms with Crippen molar-refractivity contribution >= 4 is 17.2 Å². The largest absolute Gasteiger partial charge is 0.346 e. The van der Waals surface area contributed by atoms with Crippen molar-refractivity contribution in [2.45, 2.75) is 38.3 Å². The maximum atomic E-state index is 11.9. The third-order valence-electron chi connectivity index (χ3n) is 2.81. The molecule has 1 aliphatic heterocycles. The molecule has 2 rings (SSSR count). The van der Waals surface area contributed by atoms with Gasteiger partial charge in [0.15, 0.2) is 0 Å². The number of hydrogen-bond donors (Lipinski definition) is 2. The normalized spacial score (nSPS) is 22.7. The summed E-state index contributed by atoms with van der Waals surface area (Å²) in [6.45, 7) is 2.92. The minimum Gasteiger partial charge on any atom is -0.346 e. The third kappa shape index (κ3) is 2.80. The van der Waals surface area contributed by atoms with Gasteiger partial charge in [-0.05, 0) is 26.3 Å². The molecule has 2 atom stereocenters. The van der Waals surface area contributed by atoms with Gasteiger partial charge in [-0.1, -0.05) is 6.42 Å². The minimum atomic E-state index is -0.0174. The molecule has 2 heterocycles. The predicted molar refractivity (Wildman–Crippen MR) is 64.3 cm³/mol. The molecular formula is C11H17N3OS. The Morgan fingerprint density at radius 3 is 3.19 bits per heavy atom. The van der Waals surface area contributed by atoms with E-state index in [0.29, 0.717) is 0 Å². The molecule has 1 fully saturated rings. The van der Waals surface area contributed by atoms with E-state index in [4.69, 9.17) is 0 Å². The average Bonchev–Trinajstić information content (AvgIpc) is 2.83. The lowest BCUT2D eigenvalue weighted by molar-refractivity contribution is -0.124. The number of hydrogen-bond acceptors (Lipinski definition) is 4. The average molecular weight is 239 g/mol. The van der Waals surface area contributed by atoms with E-state index in [1.54, 1.807) is 17.5 Å². The van der Waals surface area contributed by atoms with Gasteiger partial charge in [0, 0.05) is 11.6 Å². The number of nitrogens with zero attached hydrogens (tertiary/aromatic N) is 1. The molecule has 16 heavy (non-hydrogen) atoms. The molecule has 0 aromatic carbocycles. The fraction of sp³-hybridized carbons (Fsp3) is 0.636.